The minimum Gasteiger partial charge on any atom is -0.390 e. The molecule has 1 N–H and O–H groups in total. The van der Waals surface area contributed by atoms with E-state index in [4.69, 9.17) is 0 Å². The van der Waals surface area contributed by atoms with Crippen LogP contribution in [0, 0.1) is 52.3 Å². The normalized spacial score (nSPS) is 46.9. The van der Waals surface area contributed by atoms with Gasteiger partial charge in [-0.25, -0.2) is 0 Å². The molecule has 0 saturated heterocycles. The summed E-state index contributed by atoms with van der Waals surface area (Å²) in [4.78, 5) is 12.3. The maximum Gasteiger partial charge on any atom is 0.135 e. The van der Waals surface area contributed by atoms with Crippen LogP contribution in [-0.4, -0.2) is 16.5 Å². The van der Waals surface area contributed by atoms with Crippen LogP contribution in [0.1, 0.15) is 125 Å². The van der Waals surface area contributed by atoms with Crippen LogP contribution in [0.3, 0.4) is 0 Å². The van der Waals surface area contributed by atoms with Crippen molar-refractivity contribution in [3.8, 4) is 0 Å². The van der Waals surface area contributed by atoms with E-state index in [2.05, 4.69) is 41.5 Å². The summed E-state index contributed by atoms with van der Waals surface area (Å²) < 4.78 is 0. The zero-order chi connectivity index (χ0) is 23.3. The molecular formula is C30H52O2. The van der Waals surface area contributed by atoms with Gasteiger partial charge in [0.05, 0.1) is 5.60 Å². The molecule has 0 spiro atoms. The first-order valence-corrected chi connectivity index (χ1v) is 14.3. The van der Waals surface area contributed by atoms with Gasteiger partial charge in [0.2, 0.25) is 0 Å². The van der Waals surface area contributed by atoms with Crippen LogP contribution in [0.25, 0.3) is 0 Å². The third-order valence-corrected chi connectivity index (χ3v) is 12.1. The minimum atomic E-state index is -0.389. The van der Waals surface area contributed by atoms with Crippen LogP contribution in [0.2, 0.25) is 0 Å². The van der Waals surface area contributed by atoms with Gasteiger partial charge in [0.25, 0.3) is 0 Å². The van der Waals surface area contributed by atoms with Gasteiger partial charge in [-0.15, -0.1) is 0 Å². The summed E-state index contributed by atoms with van der Waals surface area (Å²) >= 11 is 0. The first-order valence-electron chi connectivity index (χ1n) is 14.3. The second-order valence-corrected chi connectivity index (χ2v) is 13.4. The Kier molecular flexibility index (Phi) is 6.97. The highest BCUT2D eigenvalue weighted by atomic mass is 16.3. The van der Waals surface area contributed by atoms with E-state index in [-0.39, 0.29) is 11.5 Å². The molecule has 0 aromatic heterocycles. The zero-order valence-corrected chi connectivity index (χ0v) is 22.1. The molecule has 0 bridgehead atoms. The summed E-state index contributed by atoms with van der Waals surface area (Å²) in [5.41, 5.74) is 0.598. The Labute approximate surface area is 198 Å². The van der Waals surface area contributed by atoms with E-state index in [1.54, 1.807) is 0 Å². The Morgan fingerprint density at radius 2 is 1.69 bits per heavy atom. The van der Waals surface area contributed by atoms with Gasteiger partial charge >= 0.3 is 0 Å². The average Bonchev–Trinajstić information content (AvgIpc) is 3.18. The van der Waals surface area contributed by atoms with Crippen molar-refractivity contribution >= 4 is 5.78 Å². The molecule has 4 fully saturated rings. The third-order valence-electron chi connectivity index (χ3n) is 12.1. The molecule has 0 aliphatic heterocycles. The number of hydrogen-bond donors (Lipinski definition) is 1. The highest BCUT2D eigenvalue weighted by molar-refractivity contribution is 5.80. The van der Waals surface area contributed by atoms with Crippen molar-refractivity contribution in [2.24, 2.45) is 52.3 Å². The van der Waals surface area contributed by atoms with E-state index in [1.165, 1.54) is 51.4 Å². The Bertz CT molecular complexity index is 684. The van der Waals surface area contributed by atoms with Gasteiger partial charge in [-0.3, -0.25) is 4.79 Å². The van der Waals surface area contributed by atoms with Crippen molar-refractivity contribution in [1.29, 1.82) is 0 Å². The molecule has 32 heavy (non-hydrogen) atoms. The molecule has 0 heterocycles. The molecule has 0 aromatic carbocycles. The number of fused-ring (bicyclic) bond motifs is 5. The van der Waals surface area contributed by atoms with Gasteiger partial charge < -0.3 is 5.11 Å². The Balaban J connectivity index is 1.50. The molecule has 0 amide bonds. The lowest BCUT2D eigenvalue weighted by atomic mass is 9.43. The standard InChI is InChI=1S/C30H52O2/c1-7-29(32)18-17-28(6)22(19-29)10-11-23-25(28)15-16-30(8-2)24(12-13-26(23)30)21(5)9-14-27(31)20(3)4/h20-26,32H,7-19H2,1-6H3/t21-,22+,23-,24-,25+,26+,28+,29+,30-/m1/s1. The van der Waals surface area contributed by atoms with Gasteiger partial charge in [0, 0.05) is 12.3 Å². The fourth-order valence-corrected chi connectivity index (χ4v) is 9.91. The van der Waals surface area contributed by atoms with E-state index in [0.29, 0.717) is 22.5 Å². The molecule has 4 aliphatic carbocycles. The number of ketones is 1. The molecule has 4 saturated carbocycles. The zero-order valence-electron chi connectivity index (χ0n) is 22.1. The summed E-state index contributed by atoms with van der Waals surface area (Å²) in [6.45, 7) is 13.9. The molecule has 2 nitrogen and oxygen atoms in total. The van der Waals surface area contributed by atoms with Crippen molar-refractivity contribution in [1.82, 2.24) is 0 Å². The summed E-state index contributed by atoms with van der Waals surface area (Å²) in [6.07, 6.45) is 15.9. The van der Waals surface area contributed by atoms with Crippen molar-refractivity contribution in [3.63, 3.8) is 0 Å². The molecule has 0 unspecified atom stereocenters. The Hall–Kier alpha value is -0.370. The first kappa shape index (κ1) is 24.7. The van der Waals surface area contributed by atoms with E-state index in [0.717, 1.165) is 61.7 Å². The largest absolute Gasteiger partial charge is 0.390 e. The van der Waals surface area contributed by atoms with Crippen LogP contribution < -0.4 is 0 Å². The smallest absolute Gasteiger partial charge is 0.135 e. The fraction of sp³-hybridized carbons (Fsp3) is 0.967. The number of aliphatic hydroxyl groups is 1. The lowest BCUT2D eigenvalue weighted by Gasteiger charge is -2.63. The summed E-state index contributed by atoms with van der Waals surface area (Å²) in [5, 5.41) is 11.1. The number of carbonyl (C=O) groups excluding carboxylic acids is 1. The fourth-order valence-electron chi connectivity index (χ4n) is 9.91. The SMILES string of the molecule is CC[C@]1(O)CC[C@@]2(C)[C@@H](CC[C@@H]3[C@@H]2CC[C@]2(CC)[C@@H]([C@H](C)CCC(=O)C(C)C)CC[C@@H]32)C1. The van der Waals surface area contributed by atoms with E-state index >= 15 is 0 Å². The Morgan fingerprint density at radius 1 is 0.938 bits per heavy atom. The highest BCUT2D eigenvalue weighted by Crippen LogP contribution is 2.70. The van der Waals surface area contributed by atoms with E-state index < -0.39 is 0 Å². The predicted molar refractivity (Wildman–Crippen MR) is 133 cm³/mol. The minimum absolute atomic E-state index is 0.186. The molecule has 4 rings (SSSR count). The summed E-state index contributed by atoms with van der Waals surface area (Å²) in [7, 11) is 0. The number of hydrogen-bond acceptors (Lipinski definition) is 2. The number of Topliss-reactive ketones (excluding diaryl/α,β-unsaturated/α-hetero) is 1. The molecule has 9 atom stereocenters. The molecule has 0 aromatic rings. The van der Waals surface area contributed by atoms with E-state index in [9.17, 15) is 9.90 Å². The average molecular weight is 445 g/mol. The third kappa shape index (κ3) is 3.93. The molecule has 184 valence electrons. The van der Waals surface area contributed by atoms with Gasteiger partial charge in [-0.1, -0.05) is 41.5 Å². The topological polar surface area (TPSA) is 37.3 Å². The molecular weight excluding hydrogens is 392 g/mol. The van der Waals surface area contributed by atoms with Crippen LogP contribution in [0.15, 0.2) is 0 Å². The van der Waals surface area contributed by atoms with Gasteiger partial charge in [-0.05, 0) is 123 Å². The first-order chi connectivity index (χ1) is 15.1. The van der Waals surface area contributed by atoms with Crippen molar-refractivity contribution in [3.05, 3.63) is 0 Å². The molecule has 4 aliphatic rings. The van der Waals surface area contributed by atoms with Crippen LogP contribution in [0.5, 0.6) is 0 Å². The van der Waals surface area contributed by atoms with Gasteiger partial charge in [0.1, 0.15) is 5.78 Å². The van der Waals surface area contributed by atoms with Gasteiger partial charge in [-0.2, -0.15) is 0 Å². The maximum atomic E-state index is 12.3. The number of rotatable bonds is 7. The molecule has 2 heteroatoms. The monoisotopic (exact) mass is 444 g/mol. The van der Waals surface area contributed by atoms with Crippen LogP contribution in [0.4, 0.5) is 0 Å². The van der Waals surface area contributed by atoms with Crippen LogP contribution in [-0.2, 0) is 4.79 Å². The number of carbonyl (C=O) groups is 1. The lowest BCUT2D eigenvalue weighted by molar-refractivity contribution is -0.156. The quantitative estimate of drug-likeness (QED) is 0.434. The summed E-state index contributed by atoms with van der Waals surface area (Å²) in [5.74, 6) is 5.57. The summed E-state index contributed by atoms with van der Waals surface area (Å²) in [6, 6.07) is 0. The van der Waals surface area contributed by atoms with E-state index in [1.807, 2.05) is 0 Å². The second kappa shape index (κ2) is 9.01. The predicted octanol–water partition coefficient (Wildman–Crippen LogP) is 7.82. The van der Waals surface area contributed by atoms with Crippen molar-refractivity contribution < 1.29 is 9.90 Å². The molecule has 0 radical (unpaired) electrons. The van der Waals surface area contributed by atoms with Crippen LogP contribution >= 0.6 is 0 Å². The Morgan fingerprint density at radius 3 is 2.34 bits per heavy atom. The maximum absolute atomic E-state index is 12.3. The lowest BCUT2D eigenvalue weighted by Crippen LogP contribution is -2.56. The second-order valence-electron chi connectivity index (χ2n) is 13.4. The van der Waals surface area contributed by atoms with Crippen molar-refractivity contribution in [2.75, 3.05) is 0 Å². The van der Waals surface area contributed by atoms with Crippen molar-refractivity contribution in [2.45, 2.75) is 131 Å². The highest BCUT2D eigenvalue weighted by Gasteiger charge is 2.62. The van der Waals surface area contributed by atoms with Gasteiger partial charge in [0.15, 0.2) is 0 Å².